The Kier molecular flexibility index (Phi) is 5.19. The number of rotatable bonds is 5. The Morgan fingerprint density at radius 2 is 1.71 bits per heavy atom. The summed E-state index contributed by atoms with van der Waals surface area (Å²) in [5.74, 6) is 2.40. The number of hydrogen-bond donors (Lipinski definition) is 1. The molecular formula is C22H22N4O2. The number of hydrogen-bond acceptors (Lipinski definition) is 5. The van der Waals surface area contributed by atoms with Gasteiger partial charge in [-0.1, -0.05) is 30.3 Å². The zero-order chi connectivity index (χ0) is 19.3. The molecule has 0 radical (unpaired) electrons. The van der Waals surface area contributed by atoms with Crippen molar-refractivity contribution in [2.75, 3.05) is 23.3 Å². The van der Waals surface area contributed by atoms with E-state index in [-0.39, 0.29) is 5.91 Å². The quantitative estimate of drug-likeness (QED) is 0.716. The Balaban J connectivity index is 1.56. The van der Waals surface area contributed by atoms with Crippen molar-refractivity contribution >= 4 is 17.4 Å². The number of carbonyl (C=O) groups excluding carboxylic acids is 1. The molecular weight excluding hydrogens is 352 g/mol. The highest BCUT2D eigenvalue weighted by Gasteiger charge is 2.18. The molecule has 2 aromatic carbocycles. The van der Waals surface area contributed by atoms with Gasteiger partial charge in [0.1, 0.15) is 23.1 Å². The maximum absolute atomic E-state index is 12.9. The molecule has 0 atom stereocenters. The van der Waals surface area contributed by atoms with Crippen LogP contribution in [0.5, 0.6) is 11.5 Å². The molecule has 0 aliphatic carbocycles. The molecule has 2 heterocycles. The molecule has 1 aromatic heterocycles. The second-order valence-electron chi connectivity index (χ2n) is 6.72. The number of ether oxygens (including phenoxy) is 1. The van der Waals surface area contributed by atoms with E-state index in [1.54, 1.807) is 6.07 Å². The van der Waals surface area contributed by atoms with Crippen molar-refractivity contribution in [1.29, 1.82) is 0 Å². The molecule has 142 valence electrons. The van der Waals surface area contributed by atoms with Gasteiger partial charge in [0.15, 0.2) is 5.75 Å². The largest absolute Gasteiger partial charge is 0.455 e. The van der Waals surface area contributed by atoms with Crippen molar-refractivity contribution in [1.82, 2.24) is 9.97 Å². The molecule has 1 N–H and O–H groups in total. The molecule has 1 aliphatic rings. The number of nitrogens with zero attached hydrogens (tertiary/aromatic N) is 3. The van der Waals surface area contributed by atoms with Gasteiger partial charge in [0.2, 0.25) is 0 Å². The lowest BCUT2D eigenvalue weighted by molar-refractivity contribution is 0.102. The van der Waals surface area contributed by atoms with Crippen LogP contribution in [0.2, 0.25) is 0 Å². The topological polar surface area (TPSA) is 67.3 Å². The van der Waals surface area contributed by atoms with Crippen molar-refractivity contribution in [2.24, 2.45) is 0 Å². The summed E-state index contributed by atoms with van der Waals surface area (Å²) in [6.45, 7) is 3.74. The van der Waals surface area contributed by atoms with Gasteiger partial charge in [0.05, 0.1) is 5.69 Å². The summed E-state index contributed by atoms with van der Waals surface area (Å²) in [6.07, 6.45) is 2.30. The van der Waals surface area contributed by atoms with Gasteiger partial charge in [0.25, 0.3) is 5.91 Å². The number of anilines is 2. The monoisotopic (exact) mass is 374 g/mol. The van der Waals surface area contributed by atoms with E-state index < -0.39 is 0 Å². The molecule has 1 saturated heterocycles. The minimum Gasteiger partial charge on any atom is -0.455 e. The van der Waals surface area contributed by atoms with Gasteiger partial charge in [-0.25, -0.2) is 9.97 Å². The lowest BCUT2D eigenvalue weighted by atomic mass is 10.2. The van der Waals surface area contributed by atoms with Crippen molar-refractivity contribution in [3.05, 3.63) is 72.2 Å². The van der Waals surface area contributed by atoms with Crippen molar-refractivity contribution < 1.29 is 9.53 Å². The average molecular weight is 374 g/mol. The number of carbonyl (C=O) groups is 1. The average Bonchev–Trinajstić information content (AvgIpc) is 3.25. The Morgan fingerprint density at radius 3 is 2.50 bits per heavy atom. The molecule has 6 heteroatoms. The highest BCUT2D eigenvalue weighted by atomic mass is 16.5. The number of amides is 1. The predicted molar refractivity (Wildman–Crippen MR) is 109 cm³/mol. The molecule has 1 fully saturated rings. The molecule has 28 heavy (non-hydrogen) atoms. The molecule has 6 nitrogen and oxygen atoms in total. The maximum Gasteiger partial charge on any atom is 0.274 e. The SMILES string of the molecule is Cc1nc(C(=O)Nc2ccccc2Oc2ccccc2)cc(N2CCCC2)n1. The number of aryl methyl sites for hydroxylation is 1. The first kappa shape index (κ1) is 18.0. The molecule has 1 aliphatic heterocycles. The van der Waals surface area contributed by atoms with Crippen LogP contribution in [0.4, 0.5) is 11.5 Å². The van der Waals surface area contributed by atoms with E-state index in [0.717, 1.165) is 31.7 Å². The summed E-state index contributed by atoms with van der Waals surface area (Å²) in [5.41, 5.74) is 0.944. The van der Waals surface area contributed by atoms with Crippen LogP contribution in [0.1, 0.15) is 29.2 Å². The molecule has 1 amide bonds. The zero-order valence-electron chi connectivity index (χ0n) is 15.8. The molecule has 0 bridgehead atoms. The molecule has 0 spiro atoms. The summed E-state index contributed by atoms with van der Waals surface area (Å²) in [5, 5.41) is 2.92. The highest BCUT2D eigenvalue weighted by molar-refractivity contribution is 6.04. The summed E-state index contributed by atoms with van der Waals surface area (Å²) < 4.78 is 5.92. The minimum atomic E-state index is -0.282. The first-order chi connectivity index (χ1) is 13.7. The second kappa shape index (κ2) is 8.08. The number of nitrogens with one attached hydrogen (secondary N) is 1. The van der Waals surface area contributed by atoms with E-state index >= 15 is 0 Å². The van der Waals surface area contributed by atoms with Gasteiger partial charge in [-0.2, -0.15) is 0 Å². The van der Waals surface area contributed by atoms with Gasteiger partial charge >= 0.3 is 0 Å². The lowest BCUT2D eigenvalue weighted by Gasteiger charge is -2.17. The summed E-state index contributed by atoms with van der Waals surface area (Å²) >= 11 is 0. The first-order valence-corrected chi connectivity index (χ1v) is 9.43. The standard InChI is InChI=1S/C22H22N4O2/c1-16-23-19(15-21(24-16)26-13-7-8-14-26)22(27)25-18-11-5-6-12-20(18)28-17-9-3-2-4-10-17/h2-6,9-12,15H,7-8,13-14H2,1H3,(H,25,27). The van der Waals surface area contributed by atoms with Crippen molar-refractivity contribution in [3.8, 4) is 11.5 Å². The third kappa shape index (κ3) is 4.11. The third-order valence-corrected chi connectivity index (χ3v) is 4.59. The zero-order valence-corrected chi connectivity index (χ0v) is 15.8. The van der Waals surface area contributed by atoms with Gasteiger partial charge in [-0.05, 0) is 44.0 Å². The molecule has 0 saturated carbocycles. The van der Waals surface area contributed by atoms with Gasteiger partial charge < -0.3 is 15.0 Å². The second-order valence-corrected chi connectivity index (χ2v) is 6.72. The van der Waals surface area contributed by atoms with Crippen LogP contribution < -0.4 is 15.0 Å². The maximum atomic E-state index is 12.9. The van der Waals surface area contributed by atoms with E-state index in [0.29, 0.717) is 28.7 Å². The van der Waals surface area contributed by atoms with E-state index in [1.165, 1.54) is 0 Å². The fourth-order valence-electron chi connectivity index (χ4n) is 3.24. The highest BCUT2D eigenvalue weighted by Crippen LogP contribution is 2.29. The van der Waals surface area contributed by atoms with Gasteiger partial charge in [-0.3, -0.25) is 4.79 Å². The Morgan fingerprint density at radius 1 is 1.00 bits per heavy atom. The summed E-state index contributed by atoms with van der Waals surface area (Å²) in [6, 6.07) is 18.6. The smallest absolute Gasteiger partial charge is 0.274 e. The first-order valence-electron chi connectivity index (χ1n) is 9.43. The van der Waals surface area contributed by atoms with Crippen LogP contribution >= 0.6 is 0 Å². The molecule has 0 unspecified atom stereocenters. The fourth-order valence-corrected chi connectivity index (χ4v) is 3.24. The normalized spacial score (nSPS) is 13.4. The van der Waals surface area contributed by atoms with Gasteiger partial charge in [-0.15, -0.1) is 0 Å². The Hall–Kier alpha value is -3.41. The minimum absolute atomic E-state index is 0.282. The Bertz CT molecular complexity index is 969. The predicted octanol–water partition coefficient (Wildman–Crippen LogP) is 4.43. The van der Waals surface area contributed by atoms with Crippen molar-refractivity contribution in [3.63, 3.8) is 0 Å². The number of benzene rings is 2. The van der Waals surface area contributed by atoms with Crippen LogP contribution in [0, 0.1) is 6.92 Å². The number of aromatic nitrogens is 2. The van der Waals surface area contributed by atoms with E-state index in [9.17, 15) is 4.79 Å². The number of para-hydroxylation sites is 3. The van der Waals surface area contributed by atoms with Crippen molar-refractivity contribution in [2.45, 2.75) is 19.8 Å². The van der Waals surface area contributed by atoms with Crippen LogP contribution in [-0.4, -0.2) is 29.0 Å². The van der Waals surface area contributed by atoms with Crippen LogP contribution in [0.3, 0.4) is 0 Å². The summed E-state index contributed by atoms with van der Waals surface area (Å²) in [7, 11) is 0. The summed E-state index contributed by atoms with van der Waals surface area (Å²) in [4.78, 5) is 23.9. The third-order valence-electron chi connectivity index (χ3n) is 4.59. The van der Waals surface area contributed by atoms with Crippen LogP contribution in [0.25, 0.3) is 0 Å². The van der Waals surface area contributed by atoms with E-state index in [1.807, 2.05) is 61.5 Å². The molecule has 4 rings (SSSR count). The van der Waals surface area contributed by atoms with Crippen LogP contribution in [0.15, 0.2) is 60.7 Å². The van der Waals surface area contributed by atoms with E-state index in [4.69, 9.17) is 4.74 Å². The molecule has 3 aromatic rings. The van der Waals surface area contributed by atoms with Gasteiger partial charge in [0, 0.05) is 19.2 Å². The van der Waals surface area contributed by atoms with Crippen LogP contribution in [-0.2, 0) is 0 Å². The fraction of sp³-hybridized carbons (Fsp3) is 0.227. The van der Waals surface area contributed by atoms with E-state index in [2.05, 4.69) is 20.2 Å². The Labute approximate surface area is 164 Å². The lowest BCUT2D eigenvalue weighted by Crippen LogP contribution is -2.22.